The maximum atomic E-state index is 13.5. The van der Waals surface area contributed by atoms with Gasteiger partial charge in [0.2, 0.25) is 5.91 Å². The summed E-state index contributed by atoms with van der Waals surface area (Å²) in [4.78, 5) is 11.7. The summed E-state index contributed by atoms with van der Waals surface area (Å²) < 4.78 is 18.8. The molecule has 0 radical (unpaired) electrons. The van der Waals surface area contributed by atoms with Gasteiger partial charge in [-0.2, -0.15) is 0 Å². The molecule has 0 saturated heterocycles. The predicted molar refractivity (Wildman–Crippen MR) is 79.8 cm³/mol. The van der Waals surface area contributed by atoms with E-state index in [0.29, 0.717) is 12.5 Å². The topological polar surface area (TPSA) is 58.6 Å². The van der Waals surface area contributed by atoms with Crippen molar-refractivity contribution in [2.24, 2.45) is 5.92 Å². The van der Waals surface area contributed by atoms with Gasteiger partial charge in [0.15, 0.2) is 0 Å². The van der Waals surface area contributed by atoms with Crippen molar-refractivity contribution in [2.45, 2.75) is 26.4 Å². The zero-order valence-corrected chi connectivity index (χ0v) is 13.0. The quantitative estimate of drug-likeness (QED) is 0.772. The Morgan fingerprint density at radius 1 is 1.43 bits per heavy atom. The Hall–Kier alpha value is -1.17. The molecule has 1 unspecified atom stereocenters. The third kappa shape index (κ3) is 6.89. The molecule has 4 nitrogen and oxygen atoms in total. The standard InChI is InChI=1S/C15H21ClFNO3/c1-10(2)8-21-9-11(19)7-18-15(20)6-12-13(16)4-3-5-14(12)17/h3-5,10-11,19H,6-9H2,1-2H3,(H,18,20). The van der Waals surface area contributed by atoms with Crippen LogP contribution in [-0.4, -0.2) is 36.9 Å². The van der Waals surface area contributed by atoms with E-state index < -0.39 is 17.8 Å². The highest BCUT2D eigenvalue weighted by Gasteiger charge is 2.13. The van der Waals surface area contributed by atoms with Crippen molar-refractivity contribution in [1.82, 2.24) is 5.32 Å². The number of amides is 1. The Morgan fingerprint density at radius 3 is 2.76 bits per heavy atom. The van der Waals surface area contributed by atoms with Crippen LogP contribution in [0.15, 0.2) is 18.2 Å². The summed E-state index contributed by atoms with van der Waals surface area (Å²) in [5.74, 6) is -0.529. The number of halogens is 2. The van der Waals surface area contributed by atoms with Gasteiger partial charge in [0, 0.05) is 23.7 Å². The Balaban J connectivity index is 2.34. The molecule has 0 heterocycles. The monoisotopic (exact) mass is 317 g/mol. The van der Waals surface area contributed by atoms with Crippen LogP contribution < -0.4 is 5.32 Å². The minimum Gasteiger partial charge on any atom is -0.389 e. The van der Waals surface area contributed by atoms with E-state index in [1.807, 2.05) is 13.8 Å². The van der Waals surface area contributed by atoms with Crippen molar-refractivity contribution in [1.29, 1.82) is 0 Å². The van der Waals surface area contributed by atoms with Crippen molar-refractivity contribution in [3.05, 3.63) is 34.6 Å². The van der Waals surface area contributed by atoms with Gasteiger partial charge in [0.25, 0.3) is 0 Å². The second kappa shape index (κ2) is 8.97. The Kier molecular flexibility index (Phi) is 7.64. The maximum Gasteiger partial charge on any atom is 0.224 e. The van der Waals surface area contributed by atoms with Gasteiger partial charge in [-0.3, -0.25) is 4.79 Å². The van der Waals surface area contributed by atoms with Crippen LogP contribution in [0.4, 0.5) is 4.39 Å². The number of ether oxygens (including phenoxy) is 1. The molecule has 1 rings (SSSR count). The molecule has 0 aliphatic carbocycles. The first-order valence-electron chi connectivity index (χ1n) is 6.85. The number of nitrogens with one attached hydrogen (secondary N) is 1. The molecule has 0 saturated carbocycles. The van der Waals surface area contributed by atoms with Crippen LogP contribution in [-0.2, 0) is 16.0 Å². The van der Waals surface area contributed by atoms with E-state index >= 15 is 0 Å². The predicted octanol–water partition coefficient (Wildman–Crippen LogP) is 2.17. The molecule has 1 aromatic rings. The number of carbonyl (C=O) groups is 1. The molecule has 6 heteroatoms. The van der Waals surface area contributed by atoms with Crippen molar-refractivity contribution in [2.75, 3.05) is 19.8 Å². The van der Waals surface area contributed by atoms with Crippen molar-refractivity contribution in [3.63, 3.8) is 0 Å². The van der Waals surface area contributed by atoms with Crippen LogP contribution in [0, 0.1) is 11.7 Å². The second-order valence-electron chi connectivity index (χ2n) is 5.27. The lowest BCUT2D eigenvalue weighted by Gasteiger charge is -2.14. The summed E-state index contributed by atoms with van der Waals surface area (Å²) >= 11 is 5.85. The van der Waals surface area contributed by atoms with Crippen molar-refractivity contribution >= 4 is 17.5 Å². The van der Waals surface area contributed by atoms with Crippen molar-refractivity contribution < 1.29 is 19.0 Å². The highest BCUT2D eigenvalue weighted by atomic mass is 35.5. The van der Waals surface area contributed by atoms with Crippen LogP contribution in [0.3, 0.4) is 0 Å². The molecular formula is C15H21ClFNO3. The summed E-state index contributed by atoms with van der Waals surface area (Å²) in [6.07, 6.45) is -0.950. The third-order valence-electron chi connectivity index (χ3n) is 2.70. The first-order valence-corrected chi connectivity index (χ1v) is 7.23. The Morgan fingerprint density at radius 2 is 2.14 bits per heavy atom. The molecule has 0 aliphatic heterocycles. The zero-order chi connectivity index (χ0) is 15.8. The third-order valence-corrected chi connectivity index (χ3v) is 3.05. The first-order chi connectivity index (χ1) is 9.90. The largest absolute Gasteiger partial charge is 0.389 e. The zero-order valence-electron chi connectivity index (χ0n) is 12.2. The smallest absolute Gasteiger partial charge is 0.224 e. The lowest BCUT2D eigenvalue weighted by molar-refractivity contribution is -0.121. The summed E-state index contributed by atoms with van der Waals surface area (Å²) in [6.45, 7) is 4.77. The minimum atomic E-state index is -0.788. The first kappa shape index (κ1) is 17.9. The number of hydrogen-bond acceptors (Lipinski definition) is 3. The molecular weight excluding hydrogens is 297 g/mol. The van der Waals surface area contributed by atoms with E-state index in [0.717, 1.165) is 0 Å². The van der Waals surface area contributed by atoms with Gasteiger partial charge < -0.3 is 15.2 Å². The average molecular weight is 318 g/mol. The molecule has 0 aliphatic rings. The molecule has 0 aromatic heterocycles. The van der Waals surface area contributed by atoms with E-state index in [-0.39, 0.29) is 30.2 Å². The maximum absolute atomic E-state index is 13.5. The summed E-state index contributed by atoms with van der Waals surface area (Å²) in [5.41, 5.74) is 0.155. The number of aliphatic hydroxyl groups is 1. The number of hydrogen-bond donors (Lipinski definition) is 2. The van der Waals surface area contributed by atoms with E-state index in [4.69, 9.17) is 16.3 Å². The molecule has 2 N–H and O–H groups in total. The molecule has 1 aromatic carbocycles. The number of benzene rings is 1. The van der Waals surface area contributed by atoms with Gasteiger partial charge in [0.05, 0.1) is 19.1 Å². The van der Waals surface area contributed by atoms with Gasteiger partial charge >= 0.3 is 0 Å². The van der Waals surface area contributed by atoms with E-state index in [1.54, 1.807) is 0 Å². The molecule has 0 fully saturated rings. The highest BCUT2D eigenvalue weighted by Crippen LogP contribution is 2.19. The number of aliphatic hydroxyl groups excluding tert-OH is 1. The van der Waals surface area contributed by atoms with Gasteiger partial charge in [-0.05, 0) is 18.1 Å². The molecule has 1 amide bonds. The molecule has 0 spiro atoms. The molecule has 0 bridgehead atoms. The fourth-order valence-corrected chi connectivity index (χ4v) is 1.88. The Labute approximate surface area is 129 Å². The van der Waals surface area contributed by atoms with E-state index in [2.05, 4.69) is 5.32 Å². The SMILES string of the molecule is CC(C)COCC(O)CNC(=O)Cc1c(F)cccc1Cl. The summed E-state index contributed by atoms with van der Waals surface area (Å²) in [5, 5.41) is 12.4. The van der Waals surface area contributed by atoms with E-state index in [9.17, 15) is 14.3 Å². The minimum absolute atomic E-state index is 0.0585. The average Bonchev–Trinajstić information content (AvgIpc) is 2.40. The highest BCUT2D eigenvalue weighted by molar-refractivity contribution is 6.31. The summed E-state index contributed by atoms with van der Waals surface area (Å²) in [7, 11) is 0. The normalized spacial score (nSPS) is 12.5. The fourth-order valence-electron chi connectivity index (χ4n) is 1.65. The van der Waals surface area contributed by atoms with Crippen LogP contribution in [0.5, 0.6) is 0 Å². The number of carbonyl (C=O) groups excluding carboxylic acids is 1. The van der Waals surface area contributed by atoms with Crippen molar-refractivity contribution in [3.8, 4) is 0 Å². The molecule has 21 heavy (non-hydrogen) atoms. The second-order valence-corrected chi connectivity index (χ2v) is 5.67. The van der Waals surface area contributed by atoms with Gasteiger partial charge in [-0.15, -0.1) is 0 Å². The van der Waals surface area contributed by atoms with Crippen LogP contribution >= 0.6 is 11.6 Å². The molecule has 118 valence electrons. The van der Waals surface area contributed by atoms with Gasteiger partial charge in [-0.1, -0.05) is 31.5 Å². The number of rotatable bonds is 8. The molecule has 1 atom stereocenters. The van der Waals surface area contributed by atoms with Crippen LogP contribution in [0.1, 0.15) is 19.4 Å². The van der Waals surface area contributed by atoms with Crippen LogP contribution in [0.25, 0.3) is 0 Å². The Bertz CT molecular complexity index is 448. The van der Waals surface area contributed by atoms with E-state index in [1.165, 1.54) is 18.2 Å². The lowest BCUT2D eigenvalue weighted by Crippen LogP contribution is -2.35. The van der Waals surface area contributed by atoms with Gasteiger partial charge in [0.1, 0.15) is 5.82 Å². The summed E-state index contributed by atoms with van der Waals surface area (Å²) in [6, 6.07) is 4.26. The lowest BCUT2D eigenvalue weighted by atomic mass is 10.1. The van der Waals surface area contributed by atoms with Gasteiger partial charge in [-0.25, -0.2) is 4.39 Å². The van der Waals surface area contributed by atoms with Crippen LogP contribution in [0.2, 0.25) is 5.02 Å². The fraction of sp³-hybridized carbons (Fsp3) is 0.533.